The minimum absolute atomic E-state index is 0.0606. The molecular formula is C13H15N7O10P2-2. The number of hydrogen-bond donors (Lipinski definition) is 4. The number of nitrogen functional groups attached to an aromatic ring is 1. The van der Waals surface area contributed by atoms with Crippen molar-refractivity contribution < 1.29 is 42.7 Å². The number of imidazole rings is 2. The number of ether oxygens (including phenoxy) is 1. The molecule has 1 saturated heterocycles. The SMILES string of the molecule is Nc1nc2c(ncn2[C@@H]2O[C@H](COP(=O)([O-])OP(=O)([O-])n3ccnc3)C(O)[C@@H]2O)c(=O)[nH]1. The predicted octanol–water partition coefficient (Wildman–Crippen LogP) is -2.96. The van der Waals surface area contributed by atoms with Crippen molar-refractivity contribution in [2.75, 3.05) is 12.3 Å². The molecule has 174 valence electrons. The molecule has 1 aliphatic rings. The van der Waals surface area contributed by atoms with Gasteiger partial charge in [0, 0.05) is 12.4 Å². The van der Waals surface area contributed by atoms with Crippen LogP contribution in [0.25, 0.3) is 11.2 Å². The fourth-order valence-corrected chi connectivity index (χ4v) is 5.26. The number of fused-ring (bicyclic) bond motifs is 1. The summed E-state index contributed by atoms with van der Waals surface area (Å²) in [5.41, 5.74) is 4.68. The molecule has 0 radical (unpaired) electrons. The molecule has 4 heterocycles. The van der Waals surface area contributed by atoms with Gasteiger partial charge in [-0.05, 0) is 0 Å². The molecule has 1 fully saturated rings. The van der Waals surface area contributed by atoms with Gasteiger partial charge in [-0.2, -0.15) is 4.98 Å². The van der Waals surface area contributed by atoms with Crippen molar-refractivity contribution in [2.24, 2.45) is 0 Å². The molecular weight excluding hydrogens is 476 g/mol. The van der Waals surface area contributed by atoms with Crippen molar-refractivity contribution in [3.63, 3.8) is 0 Å². The van der Waals surface area contributed by atoms with Crippen LogP contribution in [0.1, 0.15) is 6.23 Å². The monoisotopic (exact) mass is 491 g/mol. The third-order valence-corrected chi connectivity index (χ3v) is 7.33. The number of nitrogens with two attached hydrogens (primary N) is 1. The molecule has 3 unspecified atom stereocenters. The maximum Gasteiger partial charge on any atom is 0.280 e. The number of rotatable bonds is 7. The second-order valence-electron chi connectivity index (χ2n) is 6.56. The van der Waals surface area contributed by atoms with E-state index in [1.165, 1.54) is 0 Å². The normalized spacial score (nSPS) is 27.4. The van der Waals surface area contributed by atoms with Crippen molar-refractivity contribution in [1.29, 1.82) is 0 Å². The Morgan fingerprint density at radius 1 is 1.28 bits per heavy atom. The largest absolute Gasteiger partial charge is 0.761 e. The molecule has 17 nitrogen and oxygen atoms in total. The fourth-order valence-electron chi connectivity index (χ4n) is 2.98. The van der Waals surface area contributed by atoms with Crippen LogP contribution in [0, 0.1) is 0 Å². The van der Waals surface area contributed by atoms with E-state index in [0.717, 1.165) is 29.6 Å². The first-order chi connectivity index (χ1) is 15.0. The van der Waals surface area contributed by atoms with E-state index in [1.54, 1.807) is 0 Å². The second kappa shape index (κ2) is 8.15. The first kappa shape index (κ1) is 22.7. The summed E-state index contributed by atoms with van der Waals surface area (Å²) in [6, 6.07) is 0. The Labute approximate surface area is 177 Å². The summed E-state index contributed by atoms with van der Waals surface area (Å²) in [4.78, 5) is 49.2. The van der Waals surface area contributed by atoms with Gasteiger partial charge in [-0.1, -0.05) is 0 Å². The quantitative estimate of drug-likeness (QED) is 0.241. The minimum Gasteiger partial charge on any atom is -0.761 e. The lowest BCUT2D eigenvalue weighted by Crippen LogP contribution is -2.34. The van der Waals surface area contributed by atoms with Gasteiger partial charge in [0.2, 0.25) is 13.7 Å². The van der Waals surface area contributed by atoms with Crippen molar-refractivity contribution in [1.82, 2.24) is 28.8 Å². The van der Waals surface area contributed by atoms with Crippen LogP contribution in [-0.2, 0) is 22.7 Å². The number of nitrogens with one attached hydrogen (secondary N) is 1. The third-order valence-electron chi connectivity index (χ3n) is 4.44. The molecule has 32 heavy (non-hydrogen) atoms. The highest BCUT2D eigenvalue weighted by Gasteiger charge is 2.45. The predicted molar refractivity (Wildman–Crippen MR) is 98.4 cm³/mol. The van der Waals surface area contributed by atoms with Crippen molar-refractivity contribution >= 4 is 32.7 Å². The number of aromatic nitrogens is 6. The van der Waals surface area contributed by atoms with E-state index in [1.807, 2.05) is 0 Å². The molecule has 5 N–H and O–H groups in total. The van der Waals surface area contributed by atoms with Gasteiger partial charge in [-0.25, -0.2) is 9.97 Å². The molecule has 19 heteroatoms. The Kier molecular flexibility index (Phi) is 5.79. The average molecular weight is 491 g/mol. The smallest absolute Gasteiger partial charge is 0.280 e. The lowest BCUT2D eigenvalue weighted by molar-refractivity contribution is -0.235. The van der Waals surface area contributed by atoms with E-state index in [9.17, 15) is 33.9 Å². The van der Waals surface area contributed by atoms with Crippen molar-refractivity contribution in [3.05, 3.63) is 35.4 Å². The highest BCUT2D eigenvalue weighted by Crippen LogP contribution is 2.55. The molecule has 0 amide bonds. The zero-order valence-corrected chi connectivity index (χ0v) is 17.5. The maximum atomic E-state index is 11.9. The van der Waals surface area contributed by atoms with Crippen LogP contribution >= 0.6 is 15.6 Å². The number of anilines is 1. The van der Waals surface area contributed by atoms with Crippen LogP contribution in [-0.4, -0.2) is 64.0 Å². The number of H-pyrrole nitrogens is 1. The Morgan fingerprint density at radius 2 is 2.03 bits per heavy atom. The first-order valence-electron chi connectivity index (χ1n) is 8.69. The molecule has 0 spiro atoms. The molecule has 0 aliphatic carbocycles. The number of aliphatic hydroxyl groups is 2. The summed E-state index contributed by atoms with van der Waals surface area (Å²) in [5, 5.41) is 20.6. The first-order valence-corrected chi connectivity index (χ1v) is 11.6. The molecule has 0 bridgehead atoms. The van der Waals surface area contributed by atoms with E-state index in [0.29, 0.717) is 4.34 Å². The maximum absolute atomic E-state index is 11.9. The van der Waals surface area contributed by atoms with E-state index in [4.69, 9.17) is 10.5 Å². The summed E-state index contributed by atoms with van der Waals surface area (Å²) in [6.07, 6.45) is -2.12. The van der Waals surface area contributed by atoms with Crippen LogP contribution in [0.3, 0.4) is 0 Å². The molecule has 6 atom stereocenters. The van der Waals surface area contributed by atoms with Gasteiger partial charge in [0.15, 0.2) is 17.4 Å². The Balaban J connectivity index is 1.48. The Hall–Kier alpha value is -2.46. The van der Waals surface area contributed by atoms with Crippen LogP contribution in [0.2, 0.25) is 0 Å². The van der Waals surface area contributed by atoms with Crippen LogP contribution in [0.15, 0.2) is 29.8 Å². The number of aromatic amines is 1. The zero-order chi connectivity index (χ0) is 23.3. The summed E-state index contributed by atoms with van der Waals surface area (Å²) >= 11 is 0. The molecule has 1 aliphatic heterocycles. The summed E-state index contributed by atoms with van der Waals surface area (Å²) < 4.78 is 39.5. The van der Waals surface area contributed by atoms with Crippen LogP contribution in [0.4, 0.5) is 5.95 Å². The number of phosphoric acid groups is 1. The Bertz CT molecular complexity index is 1280. The molecule has 3 aromatic rings. The molecule has 4 rings (SSSR count). The number of aliphatic hydroxyl groups excluding tert-OH is 2. The average Bonchev–Trinajstić information content (AvgIpc) is 3.41. The van der Waals surface area contributed by atoms with Crippen LogP contribution < -0.4 is 21.1 Å². The Morgan fingerprint density at radius 3 is 2.72 bits per heavy atom. The minimum atomic E-state index is -5.43. The number of nitrogens with zero attached hydrogens (tertiary/aromatic N) is 5. The van der Waals surface area contributed by atoms with Gasteiger partial charge in [0.1, 0.15) is 24.6 Å². The van der Waals surface area contributed by atoms with Gasteiger partial charge in [0.25, 0.3) is 13.4 Å². The summed E-state index contributed by atoms with van der Waals surface area (Å²) in [6.45, 7) is -0.901. The van der Waals surface area contributed by atoms with E-state index in [2.05, 4.69) is 28.8 Å². The van der Waals surface area contributed by atoms with Crippen molar-refractivity contribution in [2.45, 2.75) is 24.5 Å². The third kappa shape index (κ3) is 4.25. The van der Waals surface area contributed by atoms with E-state index < -0.39 is 52.3 Å². The lowest BCUT2D eigenvalue weighted by atomic mass is 10.1. The standard InChI is InChI=1S/C13H17N7O10P2/c14-13-17-10-7(11(23)18-13)16-5-20(10)12-9(22)8(21)6(29-12)3-28-32(26,27)30-31(24,25)19-2-1-15-4-19/h1-2,4-6,8-9,12,21-22H,3H2,(H,24,25)(H,26,27)(H3,14,17,18,23)/p-2/t6-,8?,9+,12-/m1/s1. The molecule has 0 saturated carbocycles. The number of hydrogen-bond acceptors (Lipinski definition) is 14. The number of phosphoric ester groups is 1. The van der Waals surface area contributed by atoms with Gasteiger partial charge in [-0.15, -0.1) is 0 Å². The second-order valence-corrected chi connectivity index (χ2v) is 9.76. The van der Waals surface area contributed by atoms with Gasteiger partial charge in [-0.3, -0.25) is 32.1 Å². The highest BCUT2D eigenvalue weighted by atomic mass is 31.3. The van der Waals surface area contributed by atoms with E-state index >= 15 is 0 Å². The molecule has 0 aromatic carbocycles. The van der Waals surface area contributed by atoms with E-state index in [-0.39, 0.29) is 17.1 Å². The molecule has 3 aromatic heterocycles. The zero-order valence-electron chi connectivity index (χ0n) is 15.7. The summed E-state index contributed by atoms with van der Waals surface area (Å²) in [7, 11) is -10.5. The van der Waals surface area contributed by atoms with Crippen LogP contribution in [0.5, 0.6) is 0 Å². The van der Waals surface area contributed by atoms with Gasteiger partial charge < -0.3 is 35.0 Å². The highest BCUT2D eigenvalue weighted by molar-refractivity contribution is 7.61. The summed E-state index contributed by atoms with van der Waals surface area (Å²) in [5.74, 6) is -0.235. The fraction of sp³-hybridized carbons (Fsp3) is 0.385. The van der Waals surface area contributed by atoms with Crippen molar-refractivity contribution in [3.8, 4) is 0 Å². The van der Waals surface area contributed by atoms with Gasteiger partial charge in [0.05, 0.1) is 12.9 Å². The topological polar surface area (TPSA) is 256 Å². The lowest BCUT2D eigenvalue weighted by Gasteiger charge is -2.32. The van der Waals surface area contributed by atoms with Gasteiger partial charge >= 0.3 is 0 Å².